The average molecular weight is 369 g/mol. The lowest BCUT2D eigenvalue weighted by Crippen LogP contribution is -2.27. The van der Waals surface area contributed by atoms with E-state index >= 15 is 0 Å². The fourth-order valence-electron chi connectivity index (χ4n) is 3.20. The summed E-state index contributed by atoms with van der Waals surface area (Å²) in [5, 5.41) is 12.4. The van der Waals surface area contributed by atoms with Gasteiger partial charge in [-0.05, 0) is 56.2 Å². The standard InChI is InChI=1S/C24H23N3O/c1-17-11-12-23(18(2)14-17)27-13-7-10-22(27)15-21(16-25)24(28)26-19(3)20-8-5-4-6-9-20/h4-15,19H,1-3H3,(H,26,28)/b21-15-/t19-/m0/s1. The van der Waals surface area contributed by atoms with Crippen molar-refractivity contribution in [3.8, 4) is 11.8 Å². The quantitative estimate of drug-likeness (QED) is 0.515. The van der Waals surface area contributed by atoms with Crippen LogP contribution >= 0.6 is 0 Å². The Balaban J connectivity index is 1.87. The molecule has 0 saturated carbocycles. The third-order valence-corrected chi connectivity index (χ3v) is 4.70. The van der Waals surface area contributed by atoms with Crippen LogP contribution < -0.4 is 5.32 Å². The van der Waals surface area contributed by atoms with Crippen LogP contribution in [0.3, 0.4) is 0 Å². The highest BCUT2D eigenvalue weighted by atomic mass is 16.1. The van der Waals surface area contributed by atoms with Gasteiger partial charge in [0.25, 0.3) is 5.91 Å². The van der Waals surface area contributed by atoms with E-state index in [1.54, 1.807) is 6.08 Å². The highest BCUT2D eigenvalue weighted by Crippen LogP contribution is 2.20. The zero-order valence-corrected chi connectivity index (χ0v) is 16.3. The summed E-state index contributed by atoms with van der Waals surface area (Å²) < 4.78 is 1.99. The lowest BCUT2D eigenvalue weighted by molar-refractivity contribution is -0.117. The first-order valence-corrected chi connectivity index (χ1v) is 9.22. The molecule has 1 aromatic heterocycles. The molecule has 4 nitrogen and oxygen atoms in total. The fourth-order valence-corrected chi connectivity index (χ4v) is 3.20. The van der Waals surface area contributed by atoms with E-state index < -0.39 is 0 Å². The molecule has 3 rings (SSSR count). The van der Waals surface area contributed by atoms with Crippen LogP contribution in [0, 0.1) is 25.2 Å². The number of carbonyl (C=O) groups excluding carboxylic acids is 1. The molecule has 0 unspecified atom stereocenters. The van der Waals surface area contributed by atoms with Crippen LogP contribution in [0.2, 0.25) is 0 Å². The third-order valence-electron chi connectivity index (χ3n) is 4.70. The van der Waals surface area contributed by atoms with Crippen molar-refractivity contribution < 1.29 is 4.79 Å². The van der Waals surface area contributed by atoms with E-state index in [4.69, 9.17) is 0 Å². The van der Waals surface area contributed by atoms with Gasteiger partial charge in [-0.3, -0.25) is 4.79 Å². The number of hydrogen-bond donors (Lipinski definition) is 1. The molecule has 0 aliphatic heterocycles. The van der Waals surface area contributed by atoms with Gasteiger partial charge in [0.05, 0.1) is 6.04 Å². The van der Waals surface area contributed by atoms with Crippen molar-refractivity contribution in [1.29, 1.82) is 5.26 Å². The molecule has 0 bridgehead atoms. The van der Waals surface area contributed by atoms with Gasteiger partial charge in [0.1, 0.15) is 11.6 Å². The first-order chi connectivity index (χ1) is 13.5. The number of carbonyl (C=O) groups is 1. The summed E-state index contributed by atoms with van der Waals surface area (Å²) in [6.07, 6.45) is 3.56. The van der Waals surface area contributed by atoms with Crippen LogP contribution in [0.4, 0.5) is 0 Å². The second-order valence-corrected chi connectivity index (χ2v) is 6.87. The van der Waals surface area contributed by atoms with Crippen LogP contribution in [0.25, 0.3) is 11.8 Å². The molecule has 1 N–H and O–H groups in total. The number of amides is 1. The normalized spacial score (nSPS) is 12.3. The van der Waals surface area contributed by atoms with E-state index in [-0.39, 0.29) is 17.5 Å². The number of nitrogens with one attached hydrogen (secondary N) is 1. The molecule has 1 atom stereocenters. The fraction of sp³-hybridized carbons (Fsp3) is 0.167. The Labute approximate surface area is 165 Å². The summed E-state index contributed by atoms with van der Waals surface area (Å²) in [5.74, 6) is -0.382. The van der Waals surface area contributed by atoms with Gasteiger partial charge in [-0.1, -0.05) is 48.0 Å². The molecular weight excluding hydrogens is 346 g/mol. The highest BCUT2D eigenvalue weighted by Gasteiger charge is 2.15. The van der Waals surface area contributed by atoms with Crippen LogP contribution in [0.15, 0.2) is 72.4 Å². The molecule has 0 aliphatic rings. The van der Waals surface area contributed by atoms with E-state index in [1.807, 2.05) is 72.3 Å². The predicted octanol–water partition coefficient (Wildman–Crippen LogP) is 4.88. The number of nitrogens with zero attached hydrogens (tertiary/aromatic N) is 2. The number of aryl methyl sites for hydroxylation is 2. The maximum absolute atomic E-state index is 12.6. The number of rotatable bonds is 5. The smallest absolute Gasteiger partial charge is 0.262 e. The summed E-state index contributed by atoms with van der Waals surface area (Å²) >= 11 is 0. The van der Waals surface area contributed by atoms with Crippen LogP contribution in [0.5, 0.6) is 0 Å². The molecule has 1 heterocycles. The molecule has 0 aliphatic carbocycles. The molecule has 1 amide bonds. The minimum absolute atomic E-state index is 0.0764. The average Bonchev–Trinajstić information content (AvgIpc) is 3.14. The first-order valence-electron chi connectivity index (χ1n) is 9.22. The maximum Gasteiger partial charge on any atom is 0.262 e. The molecule has 28 heavy (non-hydrogen) atoms. The van der Waals surface area contributed by atoms with Gasteiger partial charge in [0.15, 0.2) is 0 Å². The van der Waals surface area contributed by atoms with Gasteiger partial charge in [0.2, 0.25) is 0 Å². The first kappa shape index (κ1) is 19.2. The van der Waals surface area contributed by atoms with Crippen LogP contribution in [0.1, 0.15) is 35.3 Å². The summed E-state index contributed by atoms with van der Waals surface area (Å²) in [6.45, 7) is 6.01. The van der Waals surface area contributed by atoms with E-state index in [1.165, 1.54) is 5.56 Å². The Bertz CT molecular complexity index is 1050. The van der Waals surface area contributed by atoms with Gasteiger partial charge in [0, 0.05) is 17.6 Å². The van der Waals surface area contributed by atoms with E-state index in [0.717, 1.165) is 22.5 Å². The number of aromatic nitrogens is 1. The van der Waals surface area contributed by atoms with Crippen LogP contribution in [-0.2, 0) is 4.79 Å². The SMILES string of the molecule is Cc1ccc(-n2cccc2/C=C(/C#N)C(=O)N[C@@H](C)c2ccccc2)c(C)c1. The second-order valence-electron chi connectivity index (χ2n) is 6.87. The number of benzene rings is 2. The molecule has 0 radical (unpaired) electrons. The molecule has 140 valence electrons. The van der Waals surface area contributed by atoms with Crippen molar-refractivity contribution >= 4 is 12.0 Å². The summed E-state index contributed by atoms with van der Waals surface area (Å²) in [7, 11) is 0. The Morgan fingerprint density at radius 2 is 1.86 bits per heavy atom. The van der Waals surface area contributed by atoms with Gasteiger partial charge in [-0.15, -0.1) is 0 Å². The van der Waals surface area contributed by atoms with Crippen molar-refractivity contribution in [3.63, 3.8) is 0 Å². The minimum Gasteiger partial charge on any atom is -0.345 e. The molecule has 0 spiro atoms. The predicted molar refractivity (Wildman–Crippen MR) is 112 cm³/mol. The summed E-state index contributed by atoms with van der Waals surface area (Å²) in [5.41, 5.74) is 5.20. The van der Waals surface area contributed by atoms with Gasteiger partial charge >= 0.3 is 0 Å². The minimum atomic E-state index is -0.382. The molecule has 3 aromatic rings. The zero-order valence-electron chi connectivity index (χ0n) is 16.3. The van der Waals surface area contributed by atoms with E-state index in [2.05, 4.69) is 31.3 Å². The van der Waals surface area contributed by atoms with Gasteiger partial charge in [-0.2, -0.15) is 5.26 Å². The van der Waals surface area contributed by atoms with Crippen molar-refractivity contribution in [2.75, 3.05) is 0 Å². The Hall–Kier alpha value is -3.58. The maximum atomic E-state index is 12.6. The molecule has 0 fully saturated rings. The number of hydrogen-bond acceptors (Lipinski definition) is 2. The van der Waals surface area contributed by atoms with Gasteiger partial charge in [-0.25, -0.2) is 0 Å². The second kappa shape index (κ2) is 8.41. The van der Waals surface area contributed by atoms with Crippen molar-refractivity contribution in [2.45, 2.75) is 26.8 Å². The van der Waals surface area contributed by atoms with Gasteiger partial charge < -0.3 is 9.88 Å². The van der Waals surface area contributed by atoms with Crippen molar-refractivity contribution in [2.24, 2.45) is 0 Å². The Morgan fingerprint density at radius 1 is 1.11 bits per heavy atom. The lowest BCUT2D eigenvalue weighted by atomic mass is 10.1. The lowest BCUT2D eigenvalue weighted by Gasteiger charge is -2.14. The molecule has 2 aromatic carbocycles. The third kappa shape index (κ3) is 4.21. The van der Waals surface area contributed by atoms with Crippen molar-refractivity contribution in [3.05, 3.63) is 94.8 Å². The zero-order chi connectivity index (χ0) is 20.1. The molecule has 4 heteroatoms. The largest absolute Gasteiger partial charge is 0.345 e. The monoisotopic (exact) mass is 369 g/mol. The number of nitriles is 1. The van der Waals surface area contributed by atoms with E-state index in [0.29, 0.717) is 0 Å². The Morgan fingerprint density at radius 3 is 2.54 bits per heavy atom. The Kier molecular flexibility index (Phi) is 5.76. The highest BCUT2D eigenvalue weighted by molar-refractivity contribution is 6.01. The topological polar surface area (TPSA) is 57.8 Å². The van der Waals surface area contributed by atoms with E-state index in [9.17, 15) is 10.1 Å². The molecular formula is C24H23N3O. The van der Waals surface area contributed by atoms with Crippen molar-refractivity contribution in [1.82, 2.24) is 9.88 Å². The van der Waals surface area contributed by atoms with Crippen LogP contribution in [-0.4, -0.2) is 10.5 Å². The summed E-state index contributed by atoms with van der Waals surface area (Å²) in [6, 6.07) is 21.5. The molecule has 0 saturated heterocycles. The summed E-state index contributed by atoms with van der Waals surface area (Å²) in [4.78, 5) is 12.6.